The van der Waals surface area contributed by atoms with Gasteiger partial charge in [0, 0.05) is 11.8 Å². The third kappa shape index (κ3) is 3.05. The summed E-state index contributed by atoms with van der Waals surface area (Å²) in [6, 6.07) is 5.73. The molecule has 1 N–H and O–H groups in total. The molecule has 1 amide bonds. The molecule has 3 nitrogen and oxygen atoms in total. The number of benzene rings is 1. The number of anilines is 1. The maximum atomic E-state index is 11.6. The minimum Gasteiger partial charge on any atom is -0.322 e. The molecule has 0 bridgehead atoms. The zero-order chi connectivity index (χ0) is 13.0. The third-order valence-corrected chi connectivity index (χ3v) is 3.25. The first-order valence-electron chi connectivity index (χ1n) is 5.66. The number of carbonyl (C=O) groups is 1. The molecule has 18 heavy (non-hydrogen) atoms. The maximum absolute atomic E-state index is 11.6. The first-order valence-corrected chi connectivity index (χ1v) is 6.48. The van der Waals surface area contributed by atoms with Gasteiger partial charge < -0.3 is 5.32 Å². The van der Waals surface area contributed by atoms with Gasteiger partial charge in [-0.2, -0.15) is 0 Å². The lowest BCUT2D eigenvalue weighted by Crippen LogP contribution is -2.07. The topological polar surface area (TPSA) is 42.0 Å². The Hall–Kier alpha value is -1.94. The summed E-state index contributed by atoms with van der Waals surface area (Å²) in [5.74, 6) is -0.131. The molecular formula is C14H14N2OS. The molecule has 0 spiro atoms. The van der Waals surface area contributed by atoms with E-state index >= 15 is 0 Å². The molecule has 0 aliphatic heterocycles. The standard InChI is InChI=1S/C14H14N2OS/c1-3-4-5-6-14(17)16-11-7-8-12-13(9-11)18-10(2)15-12/h3-9H,1-2H3,(H,16,17). The monoisotopic (exact) mass is 258 g/mol. The second kappa shape index (κ2) is 5.60. The normalized spacial score (nSPS) is 11.7. The summed E-state index contributed by atoms with van der Waals surface area (Å²) in [6.45, 7) is 3.88. The van der Waals surface area contributed by atoms with Gasteiger partial charge in [0.15, 0.2) is 0 Å². The average molecular weight is 258 g/mol. The van der Waals surface area contributed by atoms with Gasteiger partial charge in [0.1, 0.15) is 0 Å². The van der Waals surface area contributed by atoms with E-state index in [0.717, 1.165) is 20.9 Å². The Morgan fingerprint density at radius 2 is 2.22 bits per heavy atom. The van der Waals surface area contributed by atoms with E-state index < -0.39 is 0 Å². The molecule has 1 heterocycles. The Morgan fingerprint density at radius 1 is 1.39 bits per heavy atom. The zero-order valence-corrected chi connectivity index (χ0v) is 11.1. The molecule has 92 valence electrons. The van der Waals surface area contributed by atoms with Gasteiger partial charge in [0.05, 0.1) is 15.2 Å². The van der Waals surface area contributed by atoms with E-state index in [1.54, 1.807) is 17.4 Å². The molecule has 4 heteroatoms. The van der Waals surface area contributed by atoms with Crippen LogP contribution in [0.3, 0.4) is 0 Å². The van der Waals surface area contributed by atoms with Gasteiger partial charge in [-0.15, -0.1) is 11.3 Å². The van der Waals surface area contributed by atoms with Crippen molar-refractivity contribution in [2.24, 2.45) is 0 Å². The summed E-state index contributed by atoms with van der Waals surface area (Å²) < 4.78 is 1.09. The summed E-state index contributed by atoms with van der Waals surface area (Å²) >= 11 is 1.62. The Balaban J connectivity index is 2.14. The van der Waals surface area contributed by atoms with E-state index in [0.29, 0.717) is 0 Å². The molecule has 0 saturated carbocycles. The number of allylic oxidation sites excluding steroid dienone is 3. The van der Waals surface area contributed by atoms with E-state index in [2.05, 4.69) is 10.3 Å². The average Bonchev–Trinajstić information content (AvgIpc) is 2.69. The van der Waals surface area contributed by atoms with Crippen LogP contribution in [-0.4, -0.2) is 10.9 Å². The van der Waals surface area contributed by atoms with Crippen LogP contribution in [-0.2, 0) is 4.79 Å². The second-order valence-corrected chi connectivity index (χ2v) is 5.02. The van der Waals surface area contributed by atoms with Crippen molar-refractivity contribution in [3.63, 3.8) is 0 Å². The highest BCUT2D eigenvalue weighted by Gasteiger charge is 2.03. The van der Waals surface area contributed by atoms with Crippen molar-refractivity contribution in [1.29, 1.82) is 0 Å². The van der Waals surface area contributed by atoms with Crippen LogP contribution in [0.5, 0.6) is 0 Å². The number of thiazole rings is 1. The minimum absolute atomic E-state index is 0.131. The lowest BCUT2D eigenvalue weighted by molar-refractivity contribution is -0.111. The van der Waals surface area contributed by atoms with Crippen molar-refractivity contribution in [3.05, 3.63) is 47.5 Å². The molecular weight excluding hydrogens is 244 g/mol. The number of hydrogen-bond acceptors (Lipinski definition) is 3. The molecule has 0 radical (unpaired) electrons. The number of amides is 1. The van der Waals surface area contributed by atoms with Crippen molar-refractivity contribution in [2.75, 3.05) is 5.32 Å². The van der Waals surface area contributed by atoms with Crippen LogP contribution in [0.15, 0.2) is 42.5 Å². The van der Waals surface area contributed by atoms with Gasteiger partial charge in [0.25, 0.3) is 0 Å². The van der Waals surface area contributed by atoms with Gasteiger partial charge >= 0.3 is 0 Å². The fraction of sp³-hybridized carbons (Fsp3) is 0.143. The highest BCUT2D eigenvalue weighted by molar-refractivity contribution is 7.18. The Kier molecular flexibility index (Phi) is 3.89. The fourth-order valence-corrected chi connectivity index (χ4v) is 2.42. The molecule has 2 rings (SSSR count). The minimum atomic E-state index is -0.131. The number of rotatable bonds is 3. The van der Waals surface area contributed by atoms with Gasteiger partial charge in [-0.05, 0) is 32.0 Å². The van der Waals surface area contributed by atoms with Crippen molar-refractivity contribution < 1.29 is 4.79 Å². The van der Waals surface area contributed by atoms with Gasteiger partial charge in [0.2, 0.25) is 5.91 Å². The number of aromatic nitrogens is 1. The molecule has 0 unspecified atom stereocenters. The van der Waals surface area contributed by atoms with Crippen LogP contribution in [0.2, 0.25) is 0 Å². The number of aryl methyl sites for hydroxylation is 1. The van der Waals surface area contributed by atoms with Crippen molar-refractivity contribution in [2.45, 2.75) is 13.8 Å². The van der Waals surface area contributed by atoms with Crippen LogP contribution < -0.4 is 5.32 Å². The van der Waals surface area contributed by atoms with Crippen LogP contribution >= 0.6 is 11.3 Å². The van der Waals surface area contributed by atoms with Gasteiger partial charge in [-0.25, -0.2) is 4.98 Å². The fourth-order valence-electron chi connectivity index (χ4n) is 1.56. The van der Waals surface area contributed by atoms with E-state index in [1.165, 1.54) is 6.08 Å². The summed E-state index contributed by atoms with van der Waals surface area (Å²) in [5.41, 5.74) is 1.77. The maximum Gasteiger partial charge on any atom is 0.248 e. The van der Waals surface area contributed by atoms with Gasteiger partial charge in [-0.3, -0.25) is 4.79 Å². The largest absolute Gasteiger partial charge is 0.322 e. The van der Waals surface area contributed by atoms with Gasteiger partial charge in [-0.1, -0.05) is 18.2 Å². The number of fused-ring (bicyclic) bond motifs is 1. The van der Waals surface area contributed by atoms with E-state index in [9.17, 15) is 4.79 Å². The molecule has 0 atom stereocenters. The van der Waals surface area contributed by atoms with E-state index in [-0.39, 0.29) is 5.91 Å². The number of nitrogens with one attached hydrogen (secondary N) is 1. The molecule has 0 aliphatic carbocycles. The molecule has 0 saturated heterocycles. The summed E-state index contributed by atoms with van der Waals surface area (Å²) in [6.07, 6.45) is 6.90. The lowest BCUT2D eigenvalue weighted by atomic mass is 10.3. The van der Waals surface area contributed by atoms with E-state index in [1.807, 2.05) is 44.2 Å². The SMILES string of the molecule is CC=CC=CC(=O)Nc1ccc2nc(C)sc2c1. The number of carbonyl (C=O) groups excluding carboxylic acids is 1. The zero-order valence-electron chi connectivity index (χ0n) is 10.3. The van der Waals surface area contributed by atoms with Crippen LogP contribution in [0.25, 0.3) is 10.2 Å². The van der Waals surface area contributed by atoms with Crippen molar-refractivity contribution >= 4 is 33.1 Å². The Morgan fingerprint density at radius 3 is 3.00 bits per heavy atom. The quantitative estimate of drug-likeness (QED) is 0.674. The predicted octanol–water partition coefficient (Wildman–Crippen LogP) is 3.68. The first kappa shape index (κ1) is 12.5. The molecule has 1 aromatic carbocycles. The lowest BCUT2D eigenvalue weighted by Gasteiger charge is -2.01. The van der Waals surface area contributed by atoms with Crippen LogP contribution in [0, 0.1) is 6.92 Å². The second-order valence-electron chi connectivity index (χ2n) is 3.79. The molecule has 1 aromatic heterocycles. The smallest absolute Gasteiger partial charge is 0.248 e. The Labute approximate surface area is 110 Å². The highest BCUT2D eigenvalue weighted by Crippen LogP contribution is 2.24. The van der Waals surface area contributed by atoms with E-state index in [4.69, 9.17) is 0 Å². The van der Waals surface area contributed by atoms with Crippen LogP contribution in [0.4, 0.5) is 5.69 Å². The predicted molar refractivity (Wildman–Crippen MR) is 76.9 cm³/mol. The third-order valence-electron chi connectivity index (χ3n) is 2.31. The first-order chi connectivity index (χ1) is 8.69. The number of hydrogen-bond donors (Lipinski definition) is 1. The van der Waals surface area contributed by atoms with Crippen molar-refractivity contribution in [3.8, 4) is 0 Å². The highest BCUT2D eigenvalue weighted by atomic mass is 32.1. The molecule has 0 fully saturated rings. The summed E-state index contributed by atoms with van der Waals surface area (Å²) in [5, 5.41) is 3.85. The van der Waals surface area contributed by atoms with Crippen molar-refractivity contribution in [1.82, 2.24) is 4.98 Å². The summed E-state index contributed by atoms with van der Waals surface area (Å²) in [4.78, 5) is 16.0. The summed E-state index contributed by atoms with van der Waals surface area (Å²) in [7, 11) is 0. The number of nitrogens with zero attached hydrogens (tertiary/aromatic N) is 1. The van der Waals surface area contributed by atoms with Crippen LogP contribution in [0.1, 0.15) is 11.9 Å². The Bertz CT molecular complexity index is 626. The molecule has 2 aromatic rings. The molecule has 0 aliphatic rings.